The van der Waals surface area contributed by atoms with Crippen molar-refractivity contribution in [2.75, 3.05) is 0 Å². The van der Waals surface area contributed by atoms with Crippen LogP contribution in [0.2, 0.25) is 0 Å². The molecular formula is C17H21BrN2. The predicted octanol–water partition coefficient (Wildman–Crippen LogP) is 5.40. The van der Waals surface area contributed by atoms with Crippen molar-refractivity contribution < 1.29 is 0 Å². The van der Waals surface area contributed by atoms with Crippen LogP contribution < -0.4 is 0 Å². The summed E-state index contributed by atoms with van der Waals surface area (Å²) < 4.78 is 1.12. The predicted molar refractivity (Wildman–Crippen MR) is 85.8 cm³/mol. The van der Waals surface area contributed by atoms with Gasteiger partial charge in [0, 0.05) is 10.4 Å². The summed E-state index contributed by atoms with van der Waals surface area (Å²) in [4.78, 5) is 8.40. The van der Waals surface area contributed by atoms with E-state index in [1.165, 1.54) is 56.3 Å². The smallest absolute Gasteiger partial charge is 0.110 e. The summed E-state index contributed by atoms with van der Waals surface area (Å²) in [6, 6.07) is 6.31. The Morgan fingerprint density at radius 2 is 1.90 bits per heavy atom. The average Bonchev–Trinajstić information content (AvgIpc) is 2.89. The normalized spacial score (nSPS) is 30.4. The van der Waals surface area contributed by atoms with Gasteiger partial charge in [-0.2, -0.15) is 0 Å². The van der Waals surface area contributed by atoms with Gasteiger partial charge < -0.3 is 4.98 Å². The summed E-state index contributed by atoms with van der Waals surface area (Å²) in [6.07, 6.45) is 9.92. The summed E-state index contributed by atoms with van der Waals surface area (Å²) >= 11 is 3.54. The summed E-state index contributed by atoms with van der Waals surface area (Å²) in [5, 5.41) is 0. The number of benzene rings is 1. The zero-order valence-electron chi connectivity index (χ0n) is 11.7. The van der Waals surface area contributed by atoms with E-state index in [4.69, 9.17) is 4.98 Å². The molecule has 2 saturated carbocycles. The molecule has 106 valence electrons. The van der Waals surface area contributed by atoms with E-state index in [0.717, 1.165) is 21.8 Å². The number of rotatable bonds is 1. The van der Waals surface area contributed by atoms with Crippen molar-refractivity contribution in [3.63, 3.8) is 0 Å². The van der Waals surface area contributed by atoms with Crippen LogP contribution in [0, 0.1) is 11.8 Å². The van der Waals surface area contributed by atoms with E-state index in [9.17, 15) is 0 Å². The van der Waals surface area contributed by atoms with Gasteiger partial charge in [0.15, 0.2) is 0 Å². The van der Waals surface area contributed by atoms with E-state index in [1.54, 1.807) is 0 Å². The van der Waals surface area contributed by atoms with E-state index in [0.29, 0.717) is 5.92 Å². The van der Waals surface area contributed by atoms with Crippen molar-refractivity contribution in [3.8, 4) is 0 Å². The Hall–Kier alpha value is -0.830. The molecule has 3 heteroatoms. The lowest BCUT2D eigenvalue weighted by Crippen LogP contribution is -2.27. The van der Waals surface area contributed by atoms with Crippen LogP contribution in [0.15, 0.2) is 22.7 Å². The summed E-state index contributed by atoms with van der Waals surface area (Å²) in [5.74, 6) is 3.85. The molecule has 4 rings (SSSR count). The van der Waals surface area contributed by atoms with Gasteiger partial charge >= 0.3 is 0 Å². The molecule has 0 spiro atoms. The van der Waals surface area contributed by atoms with Gasteiger partial charge in [-0.05, 0) is 49.3 Å². The number of nitrogens with zero attached hydrogens (tertiary/aromatic N) is 1. The Balaban J connectivity index is 1.59. The summed E-state index contributed by atoms with van der Waals surface area (Å²) in [6.45, 7) is 0. The minimum Gasteiger partial charge on any atom is -0.342 e. The zero-order chi connectivity index (χ0) is 13.5. The molecule has 0 saturated heterocycles. The highest BCUT2D eigenvalue weighted by atomic mass is 79.9. The summed E-state index contributed by atoms with van der Waals surface area (Å²) in [7, 11) is 0. The van der Waals surface area contributed by atoms with Gasteiger partial charge in [0.1, 0.15) is 5.82 Å². The first-order valence-corrected chi connectivity index (χ1v) is 8.74. The Bertz CT molecular complexity index is 618. The maximum absolute atomic E-state index is 4.84. The third kappa shape index (κ3) is 2.30. The quantitative estimate of drug-likeness (QED) is 0.744. The Morgan fingerprint density at radius 3 is 2.80 bits per heavy atom. The van der Waals surface area contributed by atoms with Crippen molar-refractivity contribution >= 4 is 27.0 Å². The van der Waals surface area contributed by atoms with Gasteiger partial charge in [-0.3, -0.25) is 0 Å². The van der Waals surface area contributed by atoms with Crippen molar-refractivity contribution in [1.29, 1.82) is 0 Å². The van der Waals surface area contributed by atoms with Gasteiger partial charge in [-0.1, -0.05) is 41.6 Å². The highest BCUT2D eigenvalue weighted by Crippen LogP contribution is 2.45. The van der Waals surface area contributed by atoms with Gasteiger partial charge in [0.25, 0.3) is 0 Å². The average molecular weight is 333 g/mol. The first-order valence-electron chi connectivity index (χ1n) is 7.95. The lowest BCUT2D eigenvalue weighted by atomic mass is 9.67. The maximum Gasteiger partial charge on any atom is 0.110 e. The third-order valence-electron chi connectivity index (χ3n) is 5.39. The lowest BCUT2D eigenvalue weighted by molar-refractivity contribution is 0.153. The molecule has 0 amide bonds. The largest absolute Gasteiger partial charge is 0.342 e. The molecule has 3 unspecified atom stereocenters. The van der Waals surface area contributed by atoms with Crippen LogP contribution in [0.1, 0.15) is 56.7 Å². The molecule has 3 atom stereocenters. The highest BCUT2D eigenvalue weighted by Gasteiger charge is 2.33. The van der Waals surface area contributed by atoms with E-state index in [-0.39, 0.29) is 0 Å². The number of fused-ring (bicyclic) bond motifs is 2. The van der Waals surface area contributed by atoms with Crippen molar-refractivity contribution in [3.05, 3.63) is 28.5 Å². The van der Waals surface area contributed by atoms with Gasteiger partial charge in [0.2, 0.25) is 0 Å². The molecule has 0 bridgehead atoms. The van der Waals surface area contributed by atoms with E-state index in [1.807, 2.05) is 0 Å². The van der Waals surface area contributed by atoms with Crippen LogP contribution in [-0.2, 0) is 0 Å². The molecule has 20 heavy (non-hydrogen) atoms. The van der Waals surface area contributed by atoms with Gasteiger partial charge in [-0.25, -0.2) is 4.98 Å². The topological polar surface area (TPSA) is 28.7 Å². The van der Waals surface area contributed by atoms with Gasteiger partial charge in [0.05, 0.1) is 11.0 Å². The van der Waals surface area contributed by atoms with E-state index >= 15 is 0 Å². The first kappa shape index (κ1) is 12.9. The molecule has 1 N–H and O–H groups in total. The molecule has 0 radical (unpaired) electrons. The number of nitrogens with one attached hydrogen (secondary N) is 1. The first-order chi connectivity index (χ1) is 9.79. The second-order valence-electron chi connectivity index (χ2n) is 6.60. The molecule has 1 heterocycles. The Kier molecular flexibility index (Phi) is 3.33. The van der Waals surface area contributed by atoms with Crippen LogP contribution in [0.4, 0.5) is 0 Å². The molecule has 2 fully saturated rings. The standard InChI is InChI=1S/C17H21BrN2/c18-14-7-8-15-16(10-14)20-17(19-15)13-6-5-11-3-1-2-4-12(11)9-13/h7-8,10-13H,1-6,9H2,(H,19,20). The number of H-pyrrole nitrogens is 1. The Labute approximate surface area is 128 Å². The van der Waals surface area contributed by atoms with Crippen molar-refractivity contribution in [2.24, 2.45) is 11.8 Å². The molecule has 2 aromatic rings. The minimum atomic E-state index is 0.653. The SMILES string of the molecule is Brc1ccc2nc(C3CCC4CCCCC4C3)[nH]c2c1. The second-order valence-corrected chi connectivity index (χ2v) is 7.51. The molecule has 1 aromatic heterocycles. The molecular weight excluding hydrogens is 312 g/mol. The number of halogens is 1. The fraction of sp³-hybridized carbons (Fsp3) is 0.588. The monoisotopic (exact) mass is 332 g/mol. The Morgan fingerprint density at radius 1 is 1.05 bits per heavy atom. The van der Waals surface area contributed by atoms with Crippen molar-refractivity contribution in [1.82, 2.24) is 9.97 Å². The fourth-order valence-electron chi connectivity index (χ4n) is 4.32. The number of imidazole rings is 1. The zero-order valence-corrected chi connectivity index (χ0v) is 13.3. The fourth-order valence-corrected chi connectivity index (χ4v) is 4.68. The van der Waals surface area contributed by atoms with Crippen molar-refractivity contribution in [2.45, 2.75) is 50.9 Å². The van der Waals surface area contributed by atoms with Crippen LogP contribution in [-0.4, -0.2) is 9.97 Å². The lowest BCUT2D eigenvalue weighted by Gasteiger charge is -2.38. The van der Waals surface area contributed by atoms with Crippen LogP contribution in [0.3, 0.4) is 0 Å². The number of hydrogen-bond donors (Lipinski definition) is 1. The minimum absolute atomic E-state index is 0.653. The van der Waals surface area contributed by atoms with E-state index in [2.05, 4.69) is 39.1 Å². The third-order valence-corrected chi connectivity index (χ3v) is 5.88. The molecule has 2 aliphatic rings. The molecule has 1 aromatic carbocycles. The molecule has 2 aliphatic carbocycles. The van der Waals surface area contributed by atoms with Crippen LogP contribution in [0.25, 0.3) is 11.0 Å². The van der Waals surface area contributed by atoms with Crippen LogP contribution in [0.5, 0.6) is 0 Å². The number of hydrogen-bond acceptors (Lipinski definition) is 1. The molecule has 0 aliphatic heterocycles. The second kappa shape index (κ2) is 5.18. The highest BCUT2D eigenvalue weighted by molar-refractivity contribution is 9.10. The molecule has 2 nitrogen and oxygen atoms in total. The van der Waals surface area contributed by atoms with E-state index < -0.39 is 0 Å². The number of aromatic nitrogens is 2. The maximum atomic E-state index is 4.84. The van der Waals surface area contributed by atoms with Gasteiger partial charge in [-0.15, -0.1) is 0 Å². The number of aromatic amines is 1. The summed E-state index contributed by atoms with van der Waals surface area (Å²) in [5.41, 5.74) is 2.27. The van der Waals surface area contributed by atoms with Crippen LogP contribution >= 0.6 is 15.9 Å².